The zero-order valence-corrected chi connectivity index (χ0v) is 19.0. The van der Waals surface area contributed by atoms with E-state index in [1.165, 1.54) is 0 Å². The minimum Gasteiger partial charge on any atom is -0.518 e. The Morgan fingerprint density at radius 3 is 1.87 bits per heavy atom. The van der Waals surface area contributed by atoms with Crippen molar-refractivity contribution < 1.29 is 13.6 Å². The fourth-order valence-corrected chi connectivity index (χ4v) is 9.84. The third kappa shape index (κ3) is 6.35. The average Bonchev–Trinajstić information content (AvgIpc) is 2.34. The molecule has 0 heterocycles. The van der Waals surface area contributed by atoms with Crippen LogP contribution in [0.5, 0.6) is 0 Å². The molecule has 0 aromatic carbocycles. The highest BCUT2D eigenvalue weighted by Crippen LogP contribution is 2.54. The quantitative estimate of drug-likeness (QED) is 0.531. The van der Waals surface area contributed by atoms with E-state index in [-0.39, 0.29) is 28.1 Å². The molecule has 2 radical (unpaired) electrons. The summed E-state index contributed by atoms with van der Waals surface area (Å²) in [6.45, 7) is 21.6. The normalized spacial score (nSPS) is 14.9. The predicted octanol–water partition coefficient (Wildman–Crippen LogP) is 5.58. The smallest absolute Gasteiger partial charge is 0.295 e. The zero-order chi connectivity index (χ0) is 18.5. The Balaban J connectivity index is 5.20. The lowest BCUT2D eigenvalue weighted by atomic mass is 10.2. The van der Waals surface area contributed by atoms with Crippen molar-refractivity contribution in [3.05, 3.63) is 0 Å². The molecule has 0 aromatic heterocycles. The number of carbonyl (C=O) groups excluding carboxylic acids is 1. The second kappa shape index (κ2) is 8.81. The Hall–Kier alpha value is -0.136. The van der Waals surface area contributed by atoms with Crippen molar-refractivity contribution in [3.63, 3.8) is 0 Å². The molecule has 0 fully saturated rings. The second-order valence-corrected chi connectivity index (χ2v) is 15.2. The summed E-state index contributed by atoms with van der Waals surface area (Å²) in [5.74, 6) is -0.129. The van der Waals surface area contributed by atoms with Crippen molar-refractivity contribution in [1.82, 2.24) is 0 Å². The summed E-state index contributed by atoms with van der Waals surface area (Å²) in [4.78, 5) is 12.8. The summed E-state index contributed by atoms with van der Waals surface area (Å²) in [6.07, 6.45) is 1.27. The van der Waals surface area contributed by atoms with Crippen LogP contribution in [0, 0.1) is 5.92 Å². The summed E-state index contributed by atoms with van der Waals surface area (Å²) in [7, 11) is -1.91. The number of rotatable bonds is 8. The van der Waals surface area contributed by atoms with Gasteiger partial charge in [0.05, 0.1) is 5.92 Å². The lowest BCUT2D eigenvalue weighted by Gasteiger charge is -2.50. The van der Waals surface area contributed by atoms with Crippen LogP contribution in [0.1, 0.15) is 75.7 Å². The molecule has 0 saturated heterocycles. The number of hydrogen-bond acceptors (Lipinski definition) is 3. The van der Waals surface area contributed by atoms with Gasteiger partial charge in [-0.05, 0) is 36.0 Å². The molecule has 0 amide bonds. The Morgan fingerprint density at radius 1 is 1.04 bits per heavy atom. The van der Waals surface area contributed by atoms with Gasteiger partial charge in [0.1, 0.15) is 0 Å². The minimum absolute atomic E-state index is 0.0212. The van der Waals surface area contributed by atoms with Gasteiger partial charge >= 0.3 is 0 Å². The van der Waals surface area contributed by atoms with Crippen LogP contribution in [0.15, 0.2) is 0 Å². The van der Waals surface area contributed by atoms with Crippen LogP contribution in [-0.2, 0) is 13.6 Å². The van der Waals surface area contributed by atoms with Crippen LogP contribution >= 0.6 is 0 Å². The molecule has 23 heavy (non-hydrogen) atoms. The van der Waals surface area contributed by atoms with Crippen molar-refractivity contribution >= 4 is 24.0 Å². The van der Waals surface area contributed by atoms with E-state index in [0.29, 0.717) is 9.76 Å². The molecule has 0 aliphatic rings. The highest BCUT2D eigenvalue weighted by molar-refractivity contribution is 6.80. The van der Waals surface area contributed by atoms with E-state index in [1.807, 2.05) is 20.8 Å². The van der Waals surface area contributed by atoms with Gasteiger partial charge in [0.2, 0.25) is 9.76 Å². The summed E-state index contributed by atoms with van der Waals surface area (Å²) in [5, 5.41) is 0.0424. The number of hydrogen-bond donors (Lipinski definition) is 0. The molecule has 1 atom stereocenters. The monoisotopic (exact) mass is 358 g/mol. The molecule has 0 aromatic rings. The van der Waals surface area contributed by atoms with Crippen LogP contribution in [0.4, 0.5) is 0 Å². The van der Waals surface area contributed by atoms with Gasteiger partial charge in [-0.15, -0.1) is 0 Å². The number of carbonyl (C=O) groups is 1. The van der Waals surface area contributed by atoms with E-state index in [1.54, 1.807) is 0 Å². The van der Waals surface area contributed by atoms with Crippen LogP contribution < -0.4 is 0 Å². The van der Waals surface area contributed by atoms with Crippen LogP contribution in [0.25, 0.3) is 0 Å². The van der Waals surface area contributed by atoms with Crippen molar-refractivity contribution in [1.29, 1.82) is 0 Å². The minimum atomic E-state index is -2.27. The molecule has 0 aliphatic carbocycles. The lowest BCUT2D eigenvalue weighted by molar-refractivity contribution is -0.139. The highest BCUT2D eigenvalue weighted by atomic mass is 28.4. The summed E-state index contributed by atoms with van der Waals surface area (Å²) in [6, 6.07) is 1.77. The molecule has 0 aliphatic heterocycles. The van der Waals surface area contributed by atoms with Gasteiger partial charge in [-0.2, -0.15) is 0 Å². The fraction of sp³-hybridized carbons (Fsp3) is 0.944. The average molecular weight is 359 g/mol. The van der Waals surface area contributed by atoms with Crippen molar-refractivity contribution in [3.8, 4) is 0 Å². The van der Waals surface area contributed by atoms with Crippen LogP contribution in [-0.4, -0.2) is 30.2 Å². The van der Waals surface area contributed by atoms with Gasteiger partial charge in [0.25, 0.3) is 14.3 Å². The first kappa shape index (κ1) is 22.9. The maximum atomic E-state index is 12.8. The molecule has 136 valence electrons. The lowest BCUT2D eigenvalue weighted by Crippen LogP contribution is -2.56. The van der Waals surface area contributed by atoms with Crippen molar-refractivity contribution in [2.75, 3.05) is 0 Å². The first-order valence-electron chi connectivity index (χ1n) is 8.90. The highest BCUT2D eigenvalue weighted by Gasteiger charge is 2.57. The third-order valence-corrected chi connectivity index (χ3v) is 12.4. The molecule has 5 heteroatoms. The predicted molar refractivity (Wildman–Crippen MR) is 102 cm³/mol. The third-order valence-electron chi connectivity index (χ3n) is 4.41. The topological polar surface area (TPSA) is 35.5 Å². The molecule has 0 saturated carbocycles. The van der Waals surface area contributed by atoms with Gasteiger partial charge in [-0.1, -0.05) is 61.8 Å². The molecule has 3 nitrogen and oxygen atoms in total. The maximum absolute atomic E-state index is 12.8. The zero-order valence-electron chi connectivity index (χ0n) is 17.0. The molecule has 0 rings (SSSR count). The molecule has 0 bridgehead atoms. The first-order chi connectivity index (χ1) is 10.3. The van der Waals surface area contributed by atoms with E-state index in [4.69, 9.17) is 8.85 Å². The van der Waals surface area contributed by atoms with Gasteiger partial charge < -0.3 is 8.85 Å². The van der Waals surface area contributed by atoms with E-state index in [0.717, 1.165) is 18.5 Å². The summed E-state index contributed by atoms with van der Waals surface area (Å²) < 4.78 is 12.0. The summed E-state index contributed by atoms with van der Waals surface area (Å²) >= 11 is 0. The second-order valence-electron chi connectivity index (χ2n) is 8.91. The van der Waals surface area contributed by atoms with Gasteiger partial charge in [-0.3, -0.25) is 4.79 Å². The molecular weight excluding hydrogens is 320 g/mol. The Bertz CT molecular complexity index is 353. The van der Waals surface area contributed by atoms with Crippen molar-refractivity contribution in [2.24, 2.45) is 5.92 Å². The maximum Gasteiger partial charge on any atom is 0.295 e. The van der Waals surface area contributed by atoms with Crippen LogP contribution in [0.2, 0.25) is 22.2 Å². The van der Waals surface area contributed by atoms with E-state index in [2.05, 4.69) is 48.5 Å². The Kier molecular flexibility index (Phi) is 8.76. The Labute approximate surface area is 148 Å². The van der Waals surface area contributed by atoms with E-state index >= 15 is 0 Å². The standard InChI is InChI=1S/C18H38O3Si2/c1-11-12-23(17(5,6)7,18(8,9)10)21-16(19)15(4)13-22-20-14(2)3/h14-15H,11-13H2,1-10H3. The SMILES string of the molecule is CCC[Si](OC(=O)C(C)C[Si]OC(C)C)(C(C)(C)C)C(C)(C)C. The first-order valence-corrected chi connectivity index (χ1v) is 12.1. The van der Waals surface area contributed by atoms with Crippen molar-refractivity contribution in [2.45, 2.75) is 104 Å². The molecular formula is C18H38O3Si2. The van der Waals surface area contributed by atoms with Gasteiger partial charge in [0.15, 0.2) is 0 Å². The van der Waals surface area contributed by atoms with Gasteiger partial charge in [-0.25, -0.2) is 0 Å². The fourth-order valence-electron chi connectivity index (χ4n) is 3.28. The van der Waals surface area contributed by atoms with Crippen LogP contribution in [0.3, 0.4) is 0 Å². The largest absolute Gasteiger partial charge is 0.518 e. The molecule has 1 unspecified atom stereocenters. The van der Waals surface area contributed by atoms with E-state index in [9.17, 15) is 4.79 Å². The van der Waals surface area contributed by atoms with E-state index < -0.39 is 8.32 Å². The summed E-state index contributed by atoms with van der Waals surface area (Å²) in [5.41, 5.74) is 0. The Morgan fingerprint density at radius 2 is 1.52 bits per heavy atom. The van der Waals surface area contributed by atoms with Gasteiger partial charge in [0, 0.05) is 6.10 Å². The molecule has 0 N–H and O–H groups in total. The molecule has 0 spiro atoms.